The van der Waals surface area contributed by atoms with Crippen molar-refractivity contribution in [2.75, 3.05) is 13.6 Å². The van der Waals surface area contributed by atoms with Crippen LogP contribution in [0, 0.1) is 0 Å². The van der Waals surface area contributed by atoms with Crippen LogP contribution in [-0.2, 0) is 17.9 Å². The standard InChI is InChI=1S/C11H21N5O/c1-5-12-6-10-7-16(14-13-10)8-11(17)15(4)9(2)3/h7,9,12H,5-6,8H2,1-4H3. The first-order valence-electron chi connectivity index (χ1n) is 5.90. The maximum Gasteiger partial charge on any atom is 0.244 e. The van der Waals surface area contributed by atoms with Crippen molar-refractivity contribution in [3.05, 3.63) is 11.9 Å². The lowest BCUT2D eigenvalue weighted by Crippen LogP contribution is -2.35. The summed E-state index contributed by atoms with van der Waals surface area (Å²) in [6, 6.07) is 0.201. The van der Waals surface area contributed by atoms with Gasteiger partial charge in [-0.15, -0.1) is 5.10 Å². The van der Waals surface area contributed by atoms with Gasteiger partial charge in [0.05, 0.1) is 11.9 Å². The molecule has 0 aliphatic heterocycles. The molecule has 1 aromatic rings. The highest BCUT2D eigenvalue weighted by molar-refractivity contribution is 5.75. The van der Waals surface area contributed by atoms with E-state index in [1.165, 1.54) is 0 Å². The minimum absolute atomic E-state index is 0.0416. The molecule has 0 saturated heterocycles. The summed E-state index contributed by atoms with van der Waals surface area (Å²) in [7, 11) is 1.80. The molecule has 6 nitrogen and oxygen atoms in total. The number of nitrogens with zero attached hydrogens (tertiary/aromatic N) is 4. The van der Waals surface area contributed by atoms with Gasteiger partial charge in [0, 0.05) is 19.6 Å². The molecule has 0 aliphatic rings. The summed E-state index contributed by atoms with van der Waals surface area (Å²) in [6.07, 6.45) is 1.80. The van der Waals surface area contributed by atoms with Gasteiger partial charge in [-0.05, 0) is 20.4 Å². The third-order valence-electron chi connectivity index (χ3n) is 2.61. The molecule has 96 valence electrons. The molecule has 0 radical (unpaired) electrons. The molecular weight excluding hydrogens is 218 g/mol. The normalized spacial score (nSPS) is 10.9. The first-order valence-corrected chi connectivity index (χ1v) is 5.90. The van der Waals surface area contributed by atoms with Crippen LogP contribution < -0.4 is 5.32 Å². The van der Waals surface area contributed by atoms with Crippen LogP contribution in [0.2, 0.25) is 0 Å². The van der Waals surface area contributed by atoms with Crippen LogP contribution in [0.5, 0.6) is 0 Å². The molecule has 17 heavy (non-hydrogen) atoms. The third-order valence-corrected chi connectivity index (χ3v) is 2.61. The summed E-state index contributed by atoms with van der Waals surface area (Å²) in [4.78, 5) is 13.5. The van der Waals surface area contributed by atoms with E-state index in [1.54, 1.807) is 22.8 Å². The molecule has 0 aliphatic carbocycles. The largest absolute Gasteiger partial charge is 0.342 e. The molecule has 0 spiro atoms. The van der Waals surface area contributed by atoms with Gasteiger partial charge in [0.1, 0.15) is 6.54 Å². The number of amides is 1. The minimum atomic E-state index is 0.0416. The third kappa shape index (κ3) is 4.14. The summed E-state index contributed by atoms with van der Waals surface area (Å²) in [5.74, 6) is 0.0416. The average Bonchev–Trinajstić information content (AvgIpc) is 2.72. The van der Waals surface area contributed by atoms with E-state index in [2.05, 4.69) is 15.6 Å². The van der Waals surface area contributed by atoms with Crippen molar-refractivity contribution in [2.45, 2.75) is 39.9 Å². The van der Waals surface area contributed by atoms with Gasteiger partial charge in [-0.3, -0.25) is 4.79 Å². The number of hydrogen-bond donors (Lipinski definition) is 1. The van der Waals surface area contributed by atoms with Crippen molar-refractivity contribution >= 4 is 5.91 Å². The summed E-state index contributed by atoms with van der Waals surface area (Å²) in [6.45, 7) is 7.82. The van der Waals surface area contributed by atoms with Crippen LogP contribution in [0.15, 0.2) is 6.20 Å². The fraction of sp³-hybridized carbons (Fsp3) is 0.727. The van der Waals surface area contributed by atoms with Crippen molar-refractivity contribution in [1.29, 1.82) is 0 Å². The maximum absolute atomic E-state index is 11.8. The zero-order chi connectivity index (χ0) is 12.8. The topological polar surface area (TPSA) is 63.1 Å². The van der Waals surface area contributed by atoms with Gasteiger partial charge < -0.3 is 10.2 Å². The van der Waals surface area contributed by atoms with Gasteiger partial charge in [-0.2, -0.15) is 0 Å². The highest BCUT2D eigenvalue weighted by Crippen LogP contribution is 1.98. The number of carbonyl (C=O) groups excluding carboxylic acids is 1. The number of likely N-dealkylation sites (N-methyl/N-ethyl adjacent to an activating group) is 1. The number of aromatic nitrogens is 3. The van der Waals surface area contributed by atoms with E-state index in [1.807, 2.05) is 20.8 Å². The predicted molar refractivity (Wildman–Crippen MR) is 65.3 cm³/mol. The molecule has 0 atom stereocenters. The number of nitrogens with one attached hydrogen (secondary N) is 1. The van der Waals surface area contributed by atoms with Crippen LogP contribution in [0.3, 0.4) is 0 Å². The van der Waals surface area contributed by atoms with Gasteiger partial charge in [-0.25, -0.2) is 4.68 Å². The lowest BCUT2D eigenvalue weighted by Gasteiger charge is -2.20. The van der Waals surface area contributed by atoms with Crippen molar-refractivity contribution < 1.29 is 4.79 Å². The van der Waals surface area contributed by atoms with E-state index in [-0.39, 0.29) is 18.5 Å². The molecule has 6 heteroatoms. The Hall–Kier alpha value is -1.43. The molecule has 0 unspecified atom stereocenters. The molecule has 1 amide bonds. The molecule has 1 rings (SSSR count). The van der Waals surface area contributed by atoms with Gasteiger partial charge >= 0.3 is 0 Å². The fourth-order valence-corrected chi connectivity index (χ4v) is 1.29. The Morgan fingerprint density at radius 1 is 1.59 bits per heavy atom. The minimum Gasteiger partial charge on any atom is -0.342 e. The maximum atomic E-state index is 11.8. The lowest BCUT2D eigenvalue weighted by atomic mass is 10.3. The molecule has 0 aromatic carbocycles. The van der Waals surface area contributed by atoms with Crippen molar-refractivity contribution in [3.63, 3.8) is 0 Å². The molecule has 0 fully saturated rings. The predicted octanol–water partition coefficient (Wildman–Crippen LogP) is 0.254. The summed E-state index contributed by atoms with van der Waals surface area (Å²) in [5.41, 5.74) is 0.854. The van der Waals surface area contributed by atoms with Crippen molar-refractivity contribution in [3.8, 4) is 0 Å². The van der Waals surface area contributed by atoms with E-state index in [4.69, 9.17) is 0 Å². The summed E-state index contributed by atoms with van der Waals surface area (Å²) >= 11 is 0. The Kier molecular flexibility index (Phi) is 5.09. The van der Waals surface area contributed by atoms with Gasteiger partial charge in [0.15, 0.2) is 0 Å². The second kappa shape index (κ2) is 6.34. The van der Waals surface area contributed by atoms with Crippen LogP contribution in [0.4, 0.5) is 0 Å². The SMILES string of the molecule is CCNCc1cn(CC(=O)N(C)C(C)C)nn1. The quantitative estimate of drug-likeness (QED) is 0.773. The Morgan fingerprint density at radius 2 is 2.29 bits per heavy atom. The smallest absolute Gasteiger partial charge is 0.244 e. The van der Waals surface area contributed by atoms with Gasteiger partial charge in [-0.1, -0.05) is 12.1 Å². The number of rotatable bonds is 6. The highest BCUT2D eigenvalue weighted by Gasteiger charge is 2.13. The molecule has 0 saturated carbocycles. The molecular formula is C11H21N5O. The second-order valence-corrected chi connectivity index (χ2v) is 4.29. The number of carbonyl (C=O) groups is 1. The zero-order valence-electron chi connectivity index (χ0n) is 11.0. The van der Waals surface area contributed by atoms with Crippen LogP contribution in [-0.4, -0.2) is 45.4 Å². The van der Waals surface area contributed by atoms with E-state index >= 15 is 0 Å². The van der Waals surface area contributed by atoms with Crippen LogP contribution in [0.1, 0.15) is 26.5 Å². The Morgan fingerprint density at radius 3 is 2.88 bits per heavy atom. The first-order chi connectivity index (χ1) is 8.04. The fourth-order valence-electron chi connectivity index (χ4n) is 1.29. The van der Waals surface area contributed by atoms with E-state index in [0.717, 1.165) is 12.2 Å². The van der Waals surface area contributed by atoms with Gasteiger partial charge in [0.25, 0.3) is 0 Å². The number of hydrogen-bond acceptors (Lipinski definition) is 4. The Labute approximate surface area is 102 Å². The molecule has 1 aromatic heterocycles. The van der Waals surface area contributed by atoms with Crippen molar-refractivity contribution in [1.82, 2.24) is 25.2 Å². The molecule has 1 heterocycles. The zero-order valence-corrected chi connectivity index (χ0v) is 11.0. The van der Waals surface area contributed by atoms with E-state index in [0.29, 0.717) is 6.54 Å². The summed E-state index contributed by atoms with van der Waals surface area (Å²) < 4.78 is 1.58. The van der Waals surface area contributed by atoms with Crippen molar-refractivity contribution in [2.24, 2.45) is 0 Å². The molecule has 1 N–H and O–H groups in total. The Bertz CT molecular complexity index is 360. The van der Waals surface area contributed by atoms with E-state index < -0.39 is 0 Å². The van der Waals surface area contributed by atoms with Crippen LogP contribution in [0.25, 0.3) is 0 Å². The van der Waals surface area contributed by atoms with E-state index in [9.17, 15) is 4.79 Å². The monoisotopic (exact) mass is 239 g/mol. The first kappa shape index (κ1) is 13.6. The van der Waals surface area contributed by atoms with Crippen LogP contribution >= 0.6 is 0 Å². The molecule has 0 bridgehead atoms. The van der Waals surface area contributed by atoms with Gasteiger partial charge in [0.2, 0.25) is 5.91 Å². The Balaban J connectivity index is 2.51. The second-order valence-electron chi connectivity index (χ2n) is 4.29. The highest BCUT2D eigenvalue weighted by atomic mass is 16.2. The lowest BCUT2D eigenvalue weighted by molar-refractivity contribution is -0.132. The average molecular weight is 239 g/mol. The summed E-state index contributed by atoms with van der Waals surface area (Å²) in [5, 5.41) is 11.1.